The first kappa shape index (κ1) is 15.2. The average molecular weight is 351 g/mol. The molecule has 2 aromatic rings. The van der Waals surface area contributed by atoms with Crippen LogP contribution < -0.4 is 5.32 Å². The first-order valence-corrected chi connectivity index (χ1v) is 7.72. The van der Waals surface area contributed by atoms with E-state index in [2.05, 4.69) is 15.0 Å². The summed E-state index contributed by atoms with van der Waals surface area (Å²) in [7, 11) is 1.31. The molecule has 9 heteroatoms. The second-order valence-corrected chi connectivity index (χ2v) is 6.73. The van der Waals surface area contributed by atoms with Gasteiger partial charge in [0.05, 0.1) is 29.1 Å². The number of thiophene rings is 1. The van der Waals surface area contributed by atoms with E-state index < -0.39 is 5.91 Å². The summed E-state index contributed by atoms with van der Waals surface area (Å²) < 4.78 is 5.29. The highest BCUT2D eigenvalue weighted by molar-refractivity contribution is 7.20. The molecule has 0 aromatic carbocycles. The predicted octanol–water partition coefficient (Wildman–Crippen LogP) is 3.48. The highest BCUT2D eigenvalue weighted by Crippen LogP contribution is 2.31. The van der Waals surface area contributed by atoms with E-state index in [1.165, 1.54) is 24.5 Å². The fraction of sp³-hybridized carbons (Fsp3) is 0.182. The number of hydrogen-bond donors (Lipinski definition) is 1. The van der Waals surface area contributed by atoms with Gasteiger partial charge >= 0.3 is 5.97 Å². The number of anilines is 1. The minimum atomic E-state index is -0.392. The third-order valence-corrected chi connectivity index (χ3v) is 4.52. The van der Waals surface area contributed by atoms with E-state index in [0.717, 1.165) is 11.3 Å². The standard InChI is InChI=1S/C11H8Cl2N2O3S2/c1-18-8(16)2-5-4-19-11(14-5)15-10(17)6-3-7(12)20-9(6)13/h3-4H,2H2,1H3,(H,14,15,17). The van der Waals surface area contributed by atoms with Crippen molar-refractivity contribution < 1.29 is 14.3 Å². The van der Waals surface area contributed by atoms with E-state index in [0.29, 0.717) is 25.1 Å². The molecule has 2 heterocycles. The molecule has 0 fully saturated rings. The highest BCUT2D eigenvalue weighted by Gasteiger charge is 2.16. The number of rotatable bonds is 4. The Morgan fingerprint density at radius 1 is 1.45 bits per heavy atom. The van der Waals surface area contributed by atoms with Crippen LogP contribution in [0.1, 0.15) is 16.1 Å². The van der Waals surface area contributed by atoms with Crippen molar-refractivity contribution in [3.63, 3.8) is 0 Å². The van der Waals surface area contributed by atoms with Crippen LogP contribution in [-0.2, 0) is 16.0 Å². The molecule has 1 amide bonds. The molecule has 0 radical (unpaired) electrons. The van der Waals surface area contributed by atoms with Gasteiger partial charge in [0.2, 0.25) is 0 Å². The summed E-state index contributed by atoms with van der Waals surface area (Å²) in [4.78, 5) is 27.2. The van der Waals surface area contributed by atoms with Crippen LogP contribution in [0.2, 0.25) is 8.67 Å². The molecule has 2 rings (SSSR count). The number of esters is 1. The van der Waals surface area contributed by atoms with Gasteiger partial charge in [0.25, 0.3) is 5.91 Å². The van der Waals surface area contributed by atoms with Gasteiger partial charge in [-0.1, -0.05) is 23.2 Å². The number of carbonyl (C=O) groups is 2. The molecule has 0 aliphatic carbocycles. The van der Waals surface area contributed by atoms with Crippen molar-refractivity contribution in [1.29, 1.82) is 0 Å². The Morgan fingerprint density at radius 3 is 2.80 bits per heavy atom. The Kier molecular flexibility index (Phi) is 4.98. The summed E-state index contributed by atoms with van der Waals surface area (Å²) in [5.41, 5.74) is 0.831. The summed E-state index contributed by atoms with van der Waals surface area (Å²) in [6, 6.07) is 1.49. The van der Waals surface area contributed by atoms with Crippen molar-refractivity contribution in [3.8, 4) is 0 Å². The Hall–Kier alpha value is -1.15. The van der Waals surface area contributed by atoms with Crippen molar-refractivity contribution in [2.75, 3.05) is 12.4 Å². The van der Waals surface area contributed by atoms with E-state index in [4.69, 9.17) is 23.2 Å². The lowest BCUT2D eigenvalue weighted by molar-refractivity contribution is -0.139. The molecule has 1 N–H and O–H groups in total. The molecule has 106 valence electrons. The smallest absolute Gasteiger partial charge is 0.311 e. The van der Waals surface area contributed by atoms with Crippen molar-refractivity contribution in [2.45, 2.75) is 6.42 Å². The molecule has 0 bridgehead atoms. The number of nitrogens with zero attached hydrogens (tertiary/aromatic N) is 1. The SMILES string of the molecule is COC(=O)Cc1csc(NC(=O)c2cc(Cl)sc2Cl)n1. The van der Waals surface area contributed by atoms with Crippen LogP contribution in [-0.4, -0.2) is 24.0 Å². The monoisotopic (exact) mass is 350 g/mol. The van der Waals surface area contributed by atoms with E-state index in [1.807, 2.05) is 0 Å². The van der Waals surface area contributed by atoms with Crippen LogP contribution in [0.15, 0.2) is 11.4 Å². The van der Waals surface area contributed by atoms with Gasteiger partial charge in [-0.15, -0.1) is 22.7 Å². The van der Waals surface area contributed by atoms with Gasteiger partial charge in [-0.05, 0) is 6.07 Å². The third-order valence-electron chi connectivity index (χ3n) is 2.23. The lowest BCUT2D eigenvalue weighted by Crippen LogP contribution is -2.11. The van der Waals surface area contributed by atoms with Crippen LogP contribution in [0.3, 0.4) is 0 Å². The maximum atomic E-state index is 12.0. The van der Waals surface area contributed by atoms with Gasteiger partial charge in [-0.2, -0.15) is 0 Å². The lowest BCUT2D eigenvalue weighted by Gasteiger charge is -1.99. The number of ether oxygens (including phenoxy) is 1. The number of nitrogens with one attached hydrogen (secondary N) is 1. The molecular weight excluding hydrogens is 343 g/mol. The van der Waals surface area contributed by atoms with Crippen LogP contribution >= 0.6 is 45.9 Å². The van der Waals surface area contributed by atoms with Gasteiger partial charge in [0, 0.05) is 5.38 Å². The number of amides is 1. The summed E-state index contributed by atoms with van der Waals surface area (Å²) >= 11 is 14.0. The minimum Gasteiger partial charge on any atom is -0.469 e. The van der Waals surface area contributed by atoms with Crippen molar-refractivity contribution in [3.05, 3.63) is 31.4 Å². The number of thiazole rings is 1. The van der Waals surface area contributed by atoms with Gasteiger partial charge in [-0.25, -0.2) is 4.98 Å². The normalized spacial score (nSPS) is 10.3. The quantitative estimate of drug-likeness (QED) is 0.857. The maximum absolute atomic E-state index is 12.0. The Bertz CT molecular complexity index is 654. The molecule has 5 nitrogen and oxygen atoms in total. The van der Waals surface area contributed by atoms with Gasteiger partial charge in [0.1, 0.15) is 4.34 Å². The van der Waals surface area contributed by atoms with Crippen molar-refractivity contribution in [2.24, 2.45) is 0 Å². The predicted molar refractivity (Wildman–Crippen MR) is 80.1 cm³/mol. The molecule has 0 atom stereocenters. The summed E-state index contributed by atoms with van der Waals surface area (Å²) in [5, 5.41) is 4.66. The van der Waals surface area contributed by atoms with Gasteiger partial charge in [0.15, 0.2) is 5.13 Å². The minimum absolute atomic E-state index is 0.0634. The Balaban J connectivity index is 2.05. The van der Waals surface area contributed by atoms with Crippen LogP contribution in [0.5, 0.6) is 0 Å². The highest BCUT2D eigenvalue weighted by atomic mass is 35.5. The van der Waals surface area contributed by atoms with Gasteiger partial charge in [-0.3, -0.25) is 14.9 Å². The first-order valence-electron chi connectivity index (χ1n) is 5.27. The fourth-order valence-corrected chi connectivity index (χ4v) is 3.49. The molecule has 0 spiro atoms. The second kappa shape index (κ2) is 6.53. The van der Waals surface area contributed by atoms with Crippen molar-refractivity contribution in [1.82, 2.24) is 4.98 Å². The second-order valence-electron chi connectivity index (χ2n) is 3.59. The zero-order chi connectivity index (χ0) is 14.7. The fourth-order valence-electron chi connectivity index (χ4n) is 1.33. The van der Waals surface area contributed by atoms with Crippen LogP contribution in [0, 0.1) is 0 Å². The van der Waals surface area contributed by atoms with Crippen LogP contribution in [0.25, 0.3) is 0 Å². The molecule has 2 aromatic heterocycles. The van der Waals surface area contributed by atoms with Crippen LogP contribution in [0.4, 0.5) is 5.13 Å². The van der Waals surface area contributed by atoms with E-state index in [1.54, 1.807) is 5.38 Å². The van der Waals surface area contributed by atoms with Crippen molar-refractivity contribution >= 4 is 62.9 Å². The molecule has 0 saturated carbocycles. The Morgan fingerprint density at radius 2 is 2.20 bits per heavy atom. The summed E-state index contributed by atoms with van der Waals surface area (Å²) in [6.45, 7) is 0. The van der Waals surface area contributed by atoms with E-state index in [9.17, 15) is 9.59 Å². The summed E-state index contributed by atoms with van der Waals surface area (Å²) in [6.07, 6.45) is 0.0634. The average Bonchev–Trinajstić information content (AvgIpc) is 2.95. The molecule has 0 unspecified atom stereocenters. The molecule has 0 saturated heterocycles. The molecular formula is C11H8Cl2N2O3S2. The largest absolute Gasteiger partial charge is 0.469 e. The number of hydrogen-bond acceptors (Lipinski definition) is 6. The van der Waals surface area contributed by atoms with Gasteiger partial charge < -0.3 is 4.74 Å². The maximum Gasteiger partial charge on any atom is 0.311 e. The molecule has 0 aliphatic rings. The zero-order valence-corrected chi connectivity index (χ0v) is 13.3. The number of methoxy groups -OCH3 is 1. The number of aromatic nitrogens is 1. The summed E-state index contributed by atoms with van der Waals surface area (Å²) in [5.74, 6) is -0.780. The lowest BCUT2D eigenvalue weighted by atomic mass is 10.3. The van der Waals surface area contributed by atoms with E-state index in [-0.39, 0.29) is 12.4 Å². The first-order chi connectivity index (χ1) is 9.49. The third kappa shape index (κ3) is 3.69. The molecule has 20 heavy (non-hydrogen) atoms. The number of carbonyl (C=O) groups excluding carboxylic acids is 2. The molecule has 0 aliphatic heterocycles. The zero-order valence-electron chi connectivity index (χ0n) is 10.1. The number of halogens is 2. The Labute approximate surface area is 132 Å². The van der Waals surface area contributed by atoms with E-state index >= 15 is 0 Å². The topological polar surface area (TPSA) is 68.3 Å².